The fourth-order valence-electron chi connectivity index (χ4n) is 3.25. The van der Waals surface area contributed by atoms with Gasteiger partial charge in [-0.25, -0.2) is 0 Å². The number of carboxylic acid groups (broad SMARTS) is 1. The molecule has 0 bridgehead atoms. The first-order chi connectivity index (χ1) is 9.70. The number of nitrogens with zero attached hydrogens (tertiary/aromatic N) is 1. The number of para-hydroxylation sites is 1. The molecule has 3 heteroatoms. The first-order valence-corrected chi connectivity index (χ1v) is 7.28. The number of hydrogen-bond acceptors (Lipinski definition) is 2. The number of fused-ring (bicyclic) bond motifs is 1. The second-order valence-corrected chi connectivity index (χ2v) is 5.82. The van der Waals surface area contributed by atoms with E-state index in [1.165, 1.54) is 0 Å². The number of hydrogen-bond donors (Lipinski definition) is 1. The van der Waals surface area contributed by atoms with Crippen LogP contribution in [-0.4, -0.2) is 16.1 Å². The molecule has 1 aromatic heterocycles. The molecule has 104 valence electrons. The van der Waals surface area contributed by atoms with Gasteiger partial charge in [-0.1, -0.05) is 43.5 Å². The van der Waals surface area contributed by atoms with Gasteiger partial charge < -0.3 is 5.11 Å². The molecule has 0 atom stereocenters. The summed E-state index contributed by atoms with van der Waals surface area (Å²) in [5.74, 6) is -0.660. The van der Waals surface area contributed by atoms with Crippen molar-refractivity contribution in [1.29, 1.82) is 0 Å². The monoisotopic (exact) mass is 269 g/mol. The van der Waals surface area contributed by atoms with Gasteiger partial charge in [0.2, 0.25) is 0 Å². The van der Waals surface area contributed by atoms with Crippen molar-refractivity contribution in [3.05, 3.63) is 42.1 Å². The van der Waals surface area contributed by atoms with E-state index in [-0.39, 0.29) is 0 Å². The normalized spacial score (nSPS) is 18.0. The first kappa shape index (κ1) is 13.1. The van der Waals surface area contributed by atoms with Crippen molar-refractivity contribution in [3.8, 4) is 0 Å². The molecule has 0 amide bonds. The predicted octanol–water partition coefficient (Wildman–Crippen LogP) is 3.81. The molecule has 1 saturated carbocycles. The molecule has 20 heavy (non-hydrogen) atoms. The summed E-state index contributed by atoms with van der Waals surface area (Å²) in [7, 11) is 0. The highest BCUT2D eigenvalue weighted by molar-refractivity contribution is 5.79. The Morgan fingerprint density at radius 2 is 1.85 bits per heavy atom. The highest BCUT2D eigenvalue weighted by atomic mass is 16.4. The summed E-state index contributed by atoms with van der Waals surface area (Å²) in [4.78, 5) is 16.3. The molecule has 1 heterocycles. The number of rotatable bonds is 3. The van der Waals surface area contributed by atoms with E-state index in [4.69, 9.17) is 0 Å². The molecule has 3 nitrogen and oxygen atoms in total. The van der Waals surface area contributed by atoms with E-state index in [0.717, 1.165) is 48.7 Å². The second kappa shape index (κ2) is 5.23. The molecule has 0 radical (unpaired) electrons. The second-order valence-electron chi connectivity index (χ2n) is 5.82. The molecule has 1 aromatic carbocycles. The summed E-state index contributed by atoms with van der Waals surface area (Å²) in [5, 5.41) is 10.7. The minimum atomic E-state index is -0.660. The summed E-state index contributed by atoms with van der Waals surface area (Å²) < 4.78 is 0. The maximum absolute atomic E-state index is 11.7. The van der Waals surface area contributed by atoms with Gasteiger partial charge in [-0.2, -0.15) is 0 Å². The Kier molecular flexibility index (Phi) is 3.43. The third-order valence-electron chi connectivity index (χ3n) is 4.44. The van der Waals surface area contributed by atoms with Crippen molar-refractivity contribution in [1.82, 2.24) is 4.98 Å². The van der Waals surface area contributed by atoms with E-state index in [2.05, 4.69) is 4.98 Å². The van der Waals surface area contributed by atoms with Crippen LogP contribution in [0.3, 0.4) is 0 Å². The van der Waals surface area contributed by atoms with Crippen LogP contribution in [0.5, 0.6) is 0 Å². The molecule has 0 aliphatic heterocycles. The molecule has 2 aromatic rings. The zero-order valence-electron chi connectivity index (χ0n) is 11.5. The lowest BCUT2D eigenvalue weighted by Crippen LogP contribution is -2.35. The Hall–Kier alpha value is -1.90. The molecular formula is C17H19NO2. The Bertz CT molecular complexity index is 630. The van der Waals surface area contributed by atoms with Crippen molar-refractivity contribution in [3.63, 3.8) is 0 Å². The van der Waals surface area contributed by atoms with E-state index >= 15 is 0 Å². The lowest BCUT2D eigenvalue weighted by molar-refractivity contribution is -0.151. The van der Waals surface area contributed by atoms with Gasteiger partial charge >= 0.3 is 5.97 Å². The smallest absolute Gasteiger partial charge is 0.310 e. The fraction of sp³-hybridized carbons (Fsp3) is 0.412. The number of aliphatic carboxylic acids is 1. The van der Waals surface area contributed by atoms with Gasteiger partial charge in [-0.05, 0) is 25.0 Å². The number of aromatic nitrogens is 1. The molecule has 1 N–H and O–H groups in total. The maximum Gasteiger partial charge on any atom is 0.310 e. The summed E-state index contributed by atoms with van der Waals surface area (Å²) in [6, 6.07) is 12.0. The average molecular weight is 269 g/mol. The van der Waals surface area contributed by atoms with Crippen LogP contribution in [0.4, 0.5) is 0 Å². The molecule has 0 unspecified atom stereocenters. The van der Waals surface area contributed by atoms with Crippen molar-refractivity contribution in [2.24, 2.45) is 5.41 Å². The van der Waals surface area contributed by atoms with Gasteiger partial charge in [-0.3, -0.25) is 9.78 Å². The Morgan fingerprint density at radius 1 is 1.10 bits per heavy atom. The third kappa shape index (κ3) is 2.40. The predicted molar refractivity (Wildman–Crippen MR) is 78.6 cm³/mol. The van der Waals surface area contributed by atoms with E-state index in [0.29, 0.717) is 6.42 Å². The molecule has 1 fully saturated rings. The average Bonchev–Trinajstić information content (AvgIpc) is 2.48. The summed E-state index contributed by atoms with van der Waals surface area (Å²) in [6.45, 7) is 0. The highest BCUT2D eigenvalue weighted by Gasteiger charge is 2.39. The van der Waals surface area contributed by atoms with Crippen LogP contribution in [0, 0.1) is 5.41 Å². The quantitative estimate of drug-likeness (QED) is 0.921. The van der Waals surface area contributed by atoms with E-state index in [1.807, 2.05) is 36.4 Å². The minimum absolute atomic E-state index is 0.549. The Morgan fingerprint density at radius 3 is 2.60 bits per heavy atom. The summed E-state index contributed by atoms with van der Waals surface area (Å²) in [5.41, 5.74) is 1.24. The van der Waals surface area contributed by atoms with E-state index < -0.39 is 11.4 Å². The topological polar surface area (TPSA) is 50.2 Å². The van der Waals surface area contributed by atoms with Gasteiger partial charge in [0.05, 0.1) is 10.9 Å². The van der Waals surface area contributed by atoms with Crippen LogP contribution in [0.2, 0.25) is 0 Å². The fourth-order valence-corrected chi connectivity index (χ4v) is 3.25. The number of carbonyl (C=O) groups is 1. The maximum atomic E-state index is 11.7. The van der Waals surface area contributed by atoms with Crippen LogP contribution in [0.1, 0.15) is 37.8 Å². The number of benzene rings is 1. The van der Waals surface area contributed by atoms with Gasteiger partial charge in [0.25, 0.3) is 0 Å². The van der Waals surface area contributed by atoms with Crippen molar-refractivity contribution < 1.29 is 9.90 Å². The lowest BCUT2D eigenvalue weighted by atomic mass is 9.71. The van der Waals surface area contributed by atoms with Crippen molar-refractivity contribution in [2.75, 3.05) is 0 Å². The van der Waals surface area contributed by atoms with Crippen molar-refractivity contribution in [2.45, 2.75) is 38.5 Å². The summed E-state index contributed by atoms with van der Waals surface area (Å²) >= 11 is 0. The van der Waals surface area contributed by atoms with Crippen LogP contribution >= 0.6 is 0 Å². The van der Waals surface area contributed by atoms with Gasteiger partial charge in [0, 0.05) is 17.5 Å². The molecule has 3 rings (SSSR count). The SMILES string of the molecule is O=C(O)C1(Cc2ccc3ccccc3n2)CCCCC1. The van der Waals surface area contributed by atoms with E-state index in [1.54, 1.807) is 0 Å². The van der Waals surface area contributed by atoms with Gasteiger partial charge in [-0.15, -0.1) is 0 Å². The third-order valence-corrected chi connectivity index (χ3v) is 4.44. The van der Waals surface area contributed by atoms with Gasteiger partial charge in [0.15, 0.2) is 0 Å². The standard InChI is InChI=1S/C17H19NO2/c19-16(20)17(10-4-1-5-11-17)12-14-9-8-13-6-2-3-7-15(13)18-14/h2-3,6-9H,1,4-5,10-12H2,(H,19,20). The van der Waals surface area contributed by atoms with Crippen molar-refractivity contribution >= 4 is 16.9 Å². The number of pyridine rings is 1. The molecule has 1 aliphatic carbocycles. The minimum Gasteiger partial charge on any atom is -0.481 e. The lowest BCUT2D eigenvalue weighted by Gasteiger charge is -2.32. The van der Waals surface area contributed by atoms with Crippen LogP contribution in [-0.2, 0) is 11.2 Å². The highest BCUT2D eigenvalue weighted by Crippen LogP contribution is 2.39. The number of carboxylic acids is 1. The van der Waals surface area contributed by atoms with Crippen LogP contribution in [0.15, 0.2) is 36.4 Å². The van der Waals surface area contributed by atoms with Crippen LogP contribution < -0.4 is 0 Å². The zero-order chi connectivity index (χ0) is 14.0. The summed E-state index contributed by atoms with van der Waals surface area (Å²) in [6.07, 6.45) is 5.28. The molecular weight excluding hydrogens is 250 g/mol. The Labute approximate surface area is 118 Å². The van der Waals surface area contributed by atoms with Gasteiger partial charge in [0.1, 0.15) is 0 Å². The largest absolute Gasteiger partial charge is 0.481 e. The van der Waals surface area contributed by atoms with Crippen LogP contribution in [0.25, 0.3) is 10.9 Å². The zero-order valence-corrected chi connectivity index (χ0v) is 11.5. The molecule has 1 aliphatic rings. The van der Waals surface area contributed by atoms with E-state index in [9.17, 15) is 9.90 Å². The Balaban J connectivity index is 1.92. The molecule has 0 saturated heterocycles. The molecule has 0 spiro atoms. The first-order valence-electron chi connectivity index (χ1n) is 7.28.